The molecule has 0 saturated heterocycles. The summed E-state index contributed by atoms with van der Waals surface area (Å²) in [6.45, 7) is 13.1. The van der Waals surface area contributed by atoms with Crippen LogP contribution in [0, 0.1) is 11.6 Å². The normalized spacial score (nSPS) is 12.8. The topological polar surface area (TPSA) is 42.5 Å². The number of hydrogen-bond donors (Lipinski definition) is 2. The van der Waals surface area contributed by atoms with E-state index in [1.54, 1.807) is 0 Å². The molecule has 4 nitrogen and oxygen atoms in total. The van der Waals surface area contributed by atoms with Crippen molar-refractivity contribution in [1.29, 1.82) is 0 Å². The van der Waals surface area contributed by atoms with Crippen molar-refractivity contribution in [1.82, 2.24) is 11.0 Å². The molecule has 0 unspecified atom stereocenters. The van der Waals surface area contributed by atoms with Crippen molar-refractivity contribution >= 4 is 0 Å². The first-order valence-electron chi connectivity index (χ1n) is 6.02. The van der Waals surface area contributed by atoms with Crippen molar-refractivity contribution < 1.29 is 9.68 Å². The van der Waals surface area contributed by atoms with Gasteiger partial charge in [0.15, 0.2) is 0 Å². The van der Waals surface area contributed by atoms with Gasteiger partial charge in [-0.2, -0.15) is 11.0 Å². The lowest BCUT2D eigenvalue weighted by atomic mass is 9.99. The number of nitrogens with one attached hydrogen (secondary N) is 2. The Kier molecular flexibility index (Phi) is 7.93. The van der Waals surface area contributed by atoms with Gasteiger partial charge in [0.2, 0.25) is 0 Å². The fourth-order valence-corrected chi connectivity index (χ4v) is 1.01. The molecule has 1 radical (unpaired) electrons. The average Bonchev–Trinajstić information content (AvgIpc) is 2.17. The second-order valence-electron chi connectivity index (χ2n) is 5.23. The molecule has 0 fully saturated rings. The quantitative estimate of drug-likeness (QED) is 0.630. The summed E-state index contributed by atoms with van der Waals surface area (Å²) in [6, 6.07) is 0. The third kappa shape index (κ3) is 9.09. The molecule has 0 rings (SSSR count). The molecular formula is C12H27N2O2. The molecule has 0 aromatic rings. The summed E-state index contributed by atoms with van der Waals surface area (Å²) < 4.78 is 0. The van der Waals surface area contributed by atoms with Crippen molar-refractivity contribution in [3.63, 3.8) is 0 Å². The summed E-state index contributed by atoms with van der Waals surface area (Å²) in [5, 5.41) is 0. The molecule has 0 aromatic carbocycles. The van der Waals surface area contributed by atoms with Gasteiger partial charge < -0.3 is 0 Å². The Labute approximate surface area is 100.0 Å². The maximum atomic E-state index is 5.46. The Bertz CT molecular complexity index is 165. The van der Waals surface area contributed by atoms with Crippen LogP contribution in [0.2, 0.25) is 0 Å². The van der Waals surface area contributed by atoms with Gasteiger partial charge in [-0.25, -0.2) is 0 Å². The van der Waals surface area contributed by atoms with E-state index in [0.717, 1.165) is 19.0 Å². The first-order valence-corrected chi connectivity index (χ1v) is 6.02. The lowest BCUT2D eigenvalue weighted by molar-refractivity contribution is -0.0668. The molecule has 4 heteroatoms. The summed E-state index contributed by atoms with van der Waals surface area (Å²) in [5.41, 5.74) is 5.83. The molecule has 0 saturated carbocycles. The van der Waals surface area contributed by atoms with Gasteiger partial charge in [-0.1, -0.05) is 34.6 Å². The van der Waals surface area contributed by atoms with Gasteiger partial charge in [0.05, 0.1) is 12.7 Å². The van der Waals surface area contributed by atoms with E-state index in [1.807, 2.05) is 6.92 Å². The fourth-order valence-electron chi connectivity index (χ4n) is 1.01. The van der Waals surface area contributed by atoms with Gasteiger partial charge in [0.1, 0.15) is 6.17 Å². The van der Waals surface area contributed by atoms with E-state index in [2.05, 4.69) is 45.6 Å². The molecule has 0 aliphatic rings. The van der Waals surface area contributed by atoms with Crippen LogP contribution in [0.3, 0.4) is 0 Å². The minimum atomic E-state index is 0.156. The Morgan fingerprint density at radius 1 is 1.12 bits per heavy atom. The molecule has 0 aliphatic heterocycles. The van der Waals surface area contributed by atoms with Gasteiger partial charge in [0, 0.05) is 0 Å². The van der Waals surface area contributed by atoms with Gasteiger partial charge in [-0.15, -0.1) is 0 Å². The minimum absolute atomic E-state index is 0.156. The van der Waals surface area contributed by atoms with Crippen LogP contribution < -0.4 is 11.0 Å². The van der Waals surface area contributed by atoms with Crippen LogP contribution in [0.15, 0.2) is 0 Å². The maximum Gasteiger partial charge on any atom is 0.147 e. The van der Waals surface area contributed by atoms with E-state index in [4.69, 9.17) is 9.68 Å². The molecule has 0 atom stereocenters. The molecule has 0 amide bonds. The largest absolute Gasteiger partial charge is 0.299 e. The van der Waals surface area contributed by atoms with Crippen LogP contribution in [0.4, 0.5) is 0 Å². The van der Waals surface area contributed by atoms with Gasteiger partial charge in [-0.3, -0.25) is 9.68 Å². The number of rotatable bonds is 8. The van der Waals surface area contributed by atoms with Crippen LogP contribution in [0.1, 0.15) is 54.4 Å². The number of hydroxylamine groups is 2. The van der Waals surface area contributed by atoms with E-state index in [1.165, 1.54) is 0 Å². The van der Waals surface area contributed by atoms with Crippen molar-refractivity contribution in [2.45, 2.75) is 60.5 Å². The first-order chi connectivity index (χ1) is 7.39. The summed E-state index contributed by atoms with van der Waals surface area (Å²) in [5.74, 6) is 0. The SMILES string of the molecule is CCC(CC)ON[C](C)NOCC(C)(C)C. The summed E-state index contributed by atoms with van der Waals surface area (Å²) >= 11 is 0. The molecule has 16 heavy (non-hydrogen) atoms. The fraction of sp³-hybridized carbons (Fsp3) is 0.917. The first kappa shape index (κ1) is 15.8. The second-order valence-corrected chi connectivity index (χ2v) is 5.23. The smallest absolute Gasteiger partial charge is 0.147 e. The highest BCUT2D eigenvalue weighted by Gasteiger charge is 2.12. The van der Waals surface area contributed by atoms with Gasteiger partial charge in [0.25, 0.3) is 0 Å². The Hall–Kier alpha value is -0.160. The van der Waals surface area contributed by atoms with Crippen molar-refractivity contribution in [3.05, 3.63) is 6.17 Å². The molecule has 97 valence electrons. The molecule has 0 bridgehead atoms. The average molecular weight is 231 g/mol. The van der Waals surface area contributed by atoms with E-state index in [0.29, 0.717) is 6.61 Å². The zero-order chi connectivity index (χ0) is 12.6. The predicted octanol–water partition coefficient (Wildman–Crippen LogP) is 2.77. The summed E-state index contributed by atoms with van der Waals surface area (Å²) in [7, 11) is 0. The Balaban J connectivity index is 3.55. The molecular weight excluding hydrogens is 204 g/mol. The molecule has 0 aromatic heterocycles. The standard InChI is InChI=1S/C12H27N2O2/c1-7-11(8-2)16-14-10(3)13-15-9-12(4,5)6/h11,13-14H,7-9H2,1-6H3. The lowest BCUT2D eigenvalue weighted by Crippen LogP contribution is -2.36. The molecule has 0 heterocycles. The second kappa shape index (κ2) is 8.01. The zero-order valence-electron chi connectivity index (χ0n) is 11.5. The van der Waals surface area contributed by atoms with Crippen molar-refractivity contribution in [2.24, 2.45) is 5.41 Å². The van der Waals surface area contributed by atoms with Crippen LogP contribution in [0.5, 0.6) is 0 Å². The molecule has 2 N–H and O–H groups in total. The van der Waals surface area contributed by atoms with Crippen LogP contribution in [-0.2, 0) is 9.68 Å². The van der Waals surface area contributed by atoms with Crippen molar-refractivity contribution in [2.75, 3.05) is 6.61 Å². The zero-order valence-corrected chi connectivity index (χ0v) is 11.5. The summed E-state index contributed by atoms with van der Waals surface area (Å²) in [4.78, 5) is 10.8. The molecule has 0 spiro atoms. The van der Waals surface area contributed by atoms with Crippen LogP contribution in [0.25, 0.3) is 0 Å². The van der Waals surface area contributed by atoms with Crippen LogP contribution >= 0.6 is 0 Å². The summed E-state index contributed by atoms with van der Waals surface area (Å²) in [6.07, 6.45) is 3.02. The minimum Gasteiger partial charge on any atom is -0.299 e. The van der Waals surface area contributed by atoms with E-state index >= 15 is 0 Å². The monoisotopic (exact) mass is 231 g/mol. The number of hydrogen-bond acceptors (Lipinski definition) is 4. The van der Waals surface area contributed by atoms with E-state index < -0.39 is 0 Å². The third-order valence-electron chi connectivity index (χ3n) is 2.02. The highest BCUT2D eigenvalue weighted by atomic mass is 16.7. The van der Waals surface area contributed by atoms with E-state index in [9.17, 15) is 0 Å². The Morgan fingerprint density at radius 3 is 2.12 bits per heavy atom. The third-order valence-corrected chi connectivity index (χ3v) is 2.02. The Morgan fingerprint density at radius 2 is 1.69 bits per heavy atom. The van der Waals surface area contributed by atoms with Crippen molar-refractivity contribution in [3.8, 4) is 0 Å². The lowest BCUT2D eigenvalue weighted by Gasteiger charge is -2.22. The maximum absolute atomic E-state index is 5.46. The predicted molar refractivity (Wildman–Crippen MR) is 66.1 cm³/mol. The van der Waals surface area contributed by atoms with Gasteiger partial charge in [-0.05, 0) is 25.2 Å². The van der Waals surface area contributed by atoms with Crippen LogP contribution in [-0.4, -0.2) is 12.7 Å². The highest BCUT2D eigenvalue weighted by Crippen LogP contribution is 2.12. The van der Waals surface area contributed by atoms with Gasteiger partial charge >= 0.3 is 0 Å². The van der Waals surface area contributed by atoms with E-state index in [-0.39, 0.29) is 11.5 Å². The highest BCUT2D eigenvalue weighted by molar-refractivity contribution is 4.68. The molecule has 0 aliphatic carbocycles.